The highest BCUT2D eigenvalue weighted by molar-refractivity contribution is 5.97. The van der Waals surface area contributed by atoms with Crippen LogP contribution < -0.4 is 16.3 Å². The number of nitrogens with zero attached hydrogens (tertiary/aromatic N) is 3. The maximum absolute atomic E-state index is 12.8. The molecule has 4 aromatic rings. The number of rotatable bonds is 7. The second-order valence-corrected chi connectivity index (χ2v) is 7.94. The average Bonchev–Trinajstić information content (AvgIpc) is 3.13. The predicted molar refractivity (Wildman–Crippen MR) is 127 cm³/mol. The van der Waals surface area contributed by atoms with Crippen molar-refractivity contribution in [2.24, 2.45) is 0 Å². The quantitative estimate of drug-likeness (QED) is 0.414. The highest BCUT2D eigenvalue weighted by Gasteiger charge is 2.14. The lowest BCUT2D eigenvalue weighted by molar-refractivity contribution is -0.117. The van der Waals surface area contributed by atoms with E-state index in [2.05, 4.69) is 15.7 Å². The van der Waals surface area contributed by atoms with E-state index in [0.29, 0.717) is 29.0 Å². The lowest BCUT2D eigenvalue weighted by atomic mass is 10.1. The van der Waals surface area contributed by atoms with E-state index >= 15 is 0 Å². The second kappa shape index (κ2) is 9.53. The molecule has 2 heterocycles. The van der Waals surface area contributed by atoms with Gasteiger partial charge in [0.25, 0.3) is 5.91 Å². The van der Waals surface area contributed by atoms with Gasteiger partial charge >= 0.3 is 5.69 Å². The van der Waals surface area contributed by atoms with Crippen LogP contribution in [0.1, 0.15) is 38.8 Å². The molecule has 0 fully saturated rings. The van der Waals surface area contributed by atoms with Crippen LogP contribution in [0, 0.1) is 6.92 Å². The van der Waals surface area contributed by atoms with E-state index in [1.165, 1.54) is 17.5 Å². The molecular formula is C25H23N5O4. The summed E-state index contributed by atoms with van der Waals surface area (Å²) in [6, 6.07) is 17.5. The summed E-state index contributed by atoms with van der Waals surface area (Å²) in [5.74, 6) is -0.918. The van der Waals surface area contributed by atoms with Gasteiger partial charge < -0.3 is 10.6 Å². The fraction of sp³-hybridized carbons (Fsp3) is 0.160. The zero-order valence-electron chi connectivity index (χ0n) is 18.7. The first-order chi connectivity index (χ1) is 16.3. The van der Waals surface area contributed by atoms with Crippen molar-refractivity contribution in [1.82, 2.24) is 19.5 Å². The van der Waals surface area contributed by atoms with Crippen LogP contribution in [0.2, 0.25) is 0 Å². The van der Waals surface area contributed by atoms with Crippen molar-refractivity contribution in [2.45, 2.75) is 26.9 Å². The molecule has 2 aromatic carbocycles. The number of hydrogen-bond donors (Lipinski definition) is 2. The van der Waals surface area contributed by atoms with E-state index in [1.807, 2.05) is 31.2 Å². The summed E-state index contributed by atoms with van der Waals surface area (Å²) in [4.78, 5) is 49.3. The van der Waals surface area contributed by atoms with Crippen molar-refractivity contribution < 1.29 is 14.4 Å². The Morgan fingerprint density at radius 1 is 0.971 bits per heavy atom. The highest BCUT2D eigenvalue weighted by atomic mass is 16.2. The molecule has 34 heavy (non-hydrogen) atoms. The van der Waals surface area contributed by atoms with Gasteiger partial charge in [0.1, 0.15) is 6.54 Å². The molecule has 0 aliphatic carbocycles. The number of Topliss-reactive ketones (excluding diaryl/α,β-unsaturated/α-hetero) is 1. The molecule has 2 N–H and O–H groups in total. The van der Waals surface area contributed by atoms with Crippen molar-refractivity contribution in [3.63, 3.8) is 0 Å². The summed E-state index contributed by atoms with van der Waals surface area (Å²) in [6.45, 7) is 3.47. The number of carbonyl (C=O) groups is 3. The van der Waals surface area contributed by atoms with E-state index in [1.54, 1.807) is 36.4 Å². The summed E-state index contributed by atoms with van der Waals surface area (Å²) in [6.07, 6.45) is 1.40. The third kappa shape index (κ3) is 5.09. The van der Waals surface area contributed by atoms with Gasteiger partial charge in [0.2, 0.25) is 5.91 Å². The number of hydrogen-bond acceptors (Lipinski definition) is 5. The lowest BCUT2D eigenvalue weighted by Crippen LogP contribution is -2.28. The number of aromatic nitrogens is 3. The van der Waals surface area contributed by atoms with Gasteiger partial charge in [-0.3, -0.25) is 14.4 Å². The van der Waals surface area contributed by atoms with Crippen LogP contribution in [0.3, 0.4) is 0 Å². The van der Waals surface area contributed by atoms with Crippen LogP contribution in [-0.2, 0) is 17.9 Å². The number of carbonyl (C=O) groups excluding carboxylic acids is 3. The van der Waals surface area contributed by atoms with Gasteiger partial charge in [0, 0.05) is 24.0 Å². The fourth-order valence-corrected chi connectivity index (χ4v) is 3.40. The van der Waals surface area contributed by atoms with E-state index < -0.39 is 11.6 Å². The van der Waals surface area contributed by atoms with Gasteiger partial charge in [-0.05, 0) is 43.7 Å². The summed E-state index contributed by atoms with van der Waals surface area (Å²) in [7, 11) is 0. The Morgan fingerprint density at radius 3 is 2.47 bits per heavy atom. The smallest absolute Gasteiger partial charge is 0.348 e. The zero-order valence-corrected chi connectivity index (χ0v) is 18.7. The minimum Gasteiger partial charge on any atom is -0.348 e. The Hall–Kier alpha value is -4.53. The Labute approximate surface area is 195 Å². The van der Waals surface area contributed by atoms with Gasteiger partial charge in [0.05, 0.1) is 5.56 Å². The monoisotopic (exact) mass is 457 g/mol. The molecule has 0 atom stereocenters. The van der Waals surface area contributed by atoms with Crippen LogP contribution in [0.25, 0.3) is 5.65 Å². The molecule has 0 spiro atoms. The number of amides is 2. The number of ketones is 1. The molecule has 2 amide bonds. The van der Waals surface area contributed by atoms with Crippen molar-refractivity contribution in [2.75, 3.05) is 5.32 Å². The first-order valence-corrected chi connectivity index (χ1v) is 10.6. The summed E-state index contributed by atoms with van der Waals surface area (Å²) in [5.41, 5.74) is 3.08. The Bertz CT molecular complexity index is 1450. The molecule has 0 saturated carbocycles. The molecule has 4 rings (SSSR count). The second-order valence-electron chi connectivity index (χ2n) is 7.94. The SMILES string of the molecule is CC(=O)c1cccc(NC(=O)Cn2nc3ccc(C(=O)NCc4ccc(C)cc4)cn3c2=O)c1. The van der Waals surface area contributed by atoms with Gasteiger partial charge in [0.15, 0.2) is 11.4 Å². The minimum atomic E-state index is -0.546. The summed E-state index contributed by atoms with van der Waals surface area (Å²) < 4.78 is 2.25. The molecule has 2 aromatic heterocycles. The average molecular weight is 457 g/mol. The Morgan fingerprint density at radius 2 is 1.74 bits per heavy atom. The molecule has 9 nitrogen and oxygen atoms in total. The Balaban J connectivity index is 1.46. The highest BCUT2D eigenvalue weighted by Crippen LogP contribution is 2.11. The number of benzene rings is 2. The molecule has 0 aliphatic rings. The van der Waals surface area contributed by atoms with Crippen LogP contribution in [0.15, 0.2) is 71.7 Å². The minimum absolute atomic E-state index is 0.119. The van der Waals surface area contributed by atoms with Crippen LogP contribution in [0.5, 0.6) is 0 Å². The van der Waals surface area contributed by atoms with E-state index in [0.717, 1.165) is 15.8 Å². The maximum atomic E-state index is 12.8. The molecule has 9 heteroatoms. The van der Waals surface area contributed by atoms with Gasteiger partial charge in [-0.25, -0.2) is 13.9 Å². The van der Waals surface area contributed by atoms with Crippen LogP contribution >= 0.6 is 0 Å². The number of pyridine rings is 1. The topological polar surface area (TPSA) is 115 Å². The molecule has 0 saturated heterocycles. The summed E-state index contributed by atoms with van der Waals surface area (Å²) >= 11 is 0. The third-order valence-corrected chi connectivity index (χ3v) is 5.26. The number of nitrogens with one attached hydrogen (secondary N) is 2. The zero-order chi connectivity index (χ0) is 24.2. The van der Waals surface area contributed by atoms with Crippen molar-refractivity contribution in [3.8, 4) is 0 Å². The van der Waals surface area contributed by atoms with Gasteiger partial charge in [-0.15, -0.1) is 5.10 Å². The predicted octanol–water partition coefficient (Wildman–Crippen LogP) is 2.58. The molecule has 172 valence electrons. The molecular weight excluding hydrogens is 434 g/mol. The maximum Gasteiger partial charge on any atom is 0.350 e. The first kappa shape index (κ1) is 22.7. The number of fused-ring (bicyclic) bond motifs is 1. The third-order valence-electron chi connectivity index (χ3n) is 5.26. The Kier molecular flexibility index (Phi) is 6.35. The van der Waals surface area contributed by atoms with Gasteiger partial charge in [-0.1, -0.05) is 42.0 Å². The molecule has 0 radical (unpaired) electrons. The summed E-state index contributed by atoms with van der Waals surface area (Å²) in [5, 5.41) is 9.65. The van der Waals surface area contributed by atoms with Crippen LogP contribution in [-0.4, -0.2) is 31.8 Å². The lowest BCUT2D eigenvalue weighted by Gasteiger charge is -2.06. The van der Waals surface area contributed by atoms with Crippen molar-refractivity contribution >= 4 is 28.9 Å². The first-order valence-electron chi connectivity index (χ1n) is 10.6. The fourth-order valence-electron chi connectivity index (χ4n) is 3.40. The van der Waals surface area contributed by atoms with E-state index in [-0.39, 0.29) is 18.2 Å². The number of anilines is 1. The van der Waals surface area contributed by atoms with E-state index in [4.69, 9.17) is 0 Å². The van der Waals surface area contributed by atoms with Crippen molar-refractivity contribution in [1.29, 1.82) is 0 Å². The molecule has 0 unspecified atom stereocenters. The van der Waals surface area contributed by atoms with Crippen molar-refractivity contribution in [3.05, 3.63) is 99.6 Å². The van der Waals surface area contributed by atoms with E-state index in [9.17, 15) is 19.2 Å². The standard InChI is InChI=1S/C25H23N5O4/c1-16-6-8-18(9-7-16)13-26-24(33)20-10-11-22-28-30(25(34)29(22)14-20)15-23(32)27-21-5-3-4-19(12-21)17(2)31/h3-12,14H,13,15H2,1-2H3,(H,26,33)(H,27,32). The molecule has 0 aliphatic heterocycles. The number of aryl methyl sites for hydroxylation is 1. The van der Waals surface area contributed by atoms with Crippen LogP contribution in [0.4, 0.5) is 5.69 Å². The largest absolute Gasteiger partial charge is 0.350 e. The molecule has 0 bridgehead atoms. The normalized spacial score (nSPS) is 10.8. The van der Waals surface area contributed by atoms with Gasteiger partial charge in [-0.2, -0.15) is 0 Å².